The van der Waals surface area contributed by atoms with Gasteiger partial charge in [-0.2, -0.15) is 0 Å². The molecule has 1 aliphatic rings. The Morgan fingerprint density at radius 3 is 2.57 bits per heavy atom. The van der Waals surface area contributed by atoms with Crippen molar-refractivity contribution >= 4 is 27.5 Å². The lowest BCUT2D eigenvalue weighted by molar-refractivity contribution is -0.132. The van der Waals surface area contributed by atoms with E-state index in [1.54, 1.807) is 11.3 Å². The van der Waals surface area contributed by atoms with Crippen LogP contribution in [0.2, 0.25) is 0 Å². The van der Waals surface area contributed by atoms with E-state index in [0.29, 0.717) is 18.8 Å². The molecule has 0 unspecified atom stereocenters. The second-order valence-corrected chi connectivity index (χ2v) is 8.87. The van der Waals surface area contributed by atoms with Gasteiger partial charge < -0.3 is 9.32 Å². The van der Waals surface area contributed by atoms with Gasteiger partial charge in [0.25, 0.3) is 0 Å². The average molecular weight is 417 g/mol. The molecule has 152 valence electrons. The summed E-state index contributed by atoms with van der Waals surface area (Å²) >= 11 is 1.79. The van der Waals surface area contributed by atoms with Crippen LogP contribution in [0.3, 0.4) is 0 Å². The molecular formula is C25H24N2O2S. The summed E-state index contributed by atoms with van der Waals surface area (Å²) in [6.45, 7) is 1.62. The Morgan fingerprint density at radius 2 is 1.77 bits per heavy atom. The third-order valence-corrected chi connectivity index (χ3v) is 7.01. The van der Waals surface area contributed by atoms with Crippen molar-refractivity contribution in [2.45, 2.75) is 31.6 Å². The molecule has 0 atom stereocenters. The number of benzene rings is 2. The summed E-state index contributed by atoms with van der Waals surface area (Å²) in [5, 5.41) is 1.22. The first-order valence-corrected chi connectivity index (χ1v) is 11.4. The first-order chi connectivity index (χ1) is 14.8. The van der Waals surface area contributed by atoms with Crippen molar-refractivity contribution in [2.24, 2.45) is 0 Å². The molecule has 0 bridgehead atoms. The normalized spacial score (nSPS) is 15.0. The van der Waals surface area contributed by atoms with Crippen LogP contribution in [0.15, 0.2) is 71.1 Å². The SMILES string of the molecule is O=C(CCc1ccc(-c2ccccc2)o1)N1CCC(c2nc3ccccc3s2)CC1. The molecule has 4 nitrogen and oxygen atoms in total. The highest BCUT2D eigenvalue weighted by Gasteiger charge is 2.25. The Balaban J connectivity index is 1.14. The maximum Gasteiger partial charge on any atom is 0.223 e. The molecule has 5 heteroatoms. The third kappa shape index (κ3) is 4.03. The molecule has 2 aromatic heterocycles. The van der Waals surface area contributed by atoms with Gasteiger partial charge in [0.2, 0.25) is 5.91 Å². The molecule has 1 fully saturated rings. The zero-order chi connectivity index (χ0) is 20.3. The van der Waals surface area contributed by atoms with Crippen LogP contribution in [0.5, 0.6) is 0 Å². The Morgan fingerprint density at radius 1 is 1.00 bits per heavy atom. The van der Waals surface area contributed by atoms with Gasteiger partial charge in [0, 0.05) is 37.4 Å². The molecule has 1 amide bonds. The number of fused-ring (bicyclic) bond motifs is 1. The van der Waals surface area contributed by atoms with Crippen LogP contribution in [0.1, 0.15) is 35.9 Å². The van der Waals surface area contributed by atoms with Crippen LogP contribution >= 0.6 is 11.3 Å². The lowest BCUT2D eigenvalue weighted by atomic mass is 9.97. The number of aromatic nitrogens is 1. The largest absolute Gasteiger partial charge is 0.461 e. The highest BCUT2D eigenvalue weighted by molar-refractivity contribution is 7.18. The van der Waals surface area contributed by atoms with Crippen molar-refractivity contribution < 1.29 is 9.21 Å². The quantitative estimate of drug-likeness (QED) is 0.407. The molecule has 2 aromatic carbocycles. The highest BCUT2D eigenvalue weighted by Crippen LogP contribution is 2.34. The van der Waals surface area contributed by atoms with Gasteiger partial charge in [-0.3, -0.25) is 4.79 Å². The fraction of sp³-hybridized carbons (Fsp3) is 0.280. The minimum Gasteiger partial charge on any atom is -0.461 e. The van der Waals surface area contributed by atoms with Crippen LogP contribution in [-0.2, 0) is 11.2 Å². The smallest absolute Gasteiger partial charge is 0.223 e. The average Bonchev–Trinajstić information content (AvgIpc) is 3.45. The number of nitrogens with zero attached hydrogens (tertiary/aromatic N) is 2. The van der Waals surface area contributed by atoms with Gasteiger partial charge in [0.15, 0.2) is 0 Å². The number of aryl methyl sites for hydroxylation is 1. The number of piperidine rings is 1. The van der Waals surface area contributed by atoms with Crippen molar-refractivity contribution in [2.75, 3.05) is 13.1 Å². The van der Waals surface area contributed by atoms with E-state index < -0.39 is 0 Å². The minimum atomic E-state index is 0.218. The number of furan rings is 1. The summed E-state index contributed by atoms with van der Waals surface area (Å²) in [4.78, 5) is 19.5. The van der Waals surface area contributed by atoms with E-state index in [9.17, 15) is 4.79 Å². The summed E-state index contributed by atoms with van der Waals surface area (Å²) in [6.07, 6.45) is 3.12. The fourth-order valence-electron chi connectivity index (χ4n) is 4.10. The van der Waals surface area contributed by atoms with Crippen LogP contribution in [0.4, 0.5) is 0 Å². The van der Waals surface area contributed by atoms with Crippen molar-refractivity contribution in [1.82, 2.24) is 9.88 Å². The Kier molecular flexibility index (Phi) is 5.37. The number of likely N-dealkylation sites (tertiary alicyclic amines) is 1. The van der Waals surface area contributed by atoms with E-state index in [-0.39, 0.29) is 5.91 Å². The van der Waals surface area contributed by atoms with Crippen LogP contribution < -0.4 is 0 Å². The molecule has 5 rings (SSSR count). The van der Waals surface area contributed by atoms with Gasteiger partial charge in [0.05, 0.1) is 15.2 Å². The summed E-state index contributed by atoms with van der Waals surface area (Å²) in [5.41, 5.74) is 2.15. The molecule has 0 N–H and O–H groups in total. The Bertz CT molecular complexity index is 1110. The number of thiazole rings is 1. The maximum atomic E-state index is 12.7. The zero-order valence-corrected chi connectivity index (χ0v) is 17.6. The number of para-hydroxylation sites is 1. The lowest BCUT2D eigenvalue weighted by Gasteiger charge is -2.31. The molecule has 1 aliphatic heterocycles. The molecule has 0 aliphatic carbocycles. The lowest BCUT2D eigenvalue weighted by Crippen LogP contribution is -2.38. The van der Waals surface area contributed by atoms with Crippen molar-refractivity contribution in [1.29, 1.82) is 0 Å². The predicted molar refractivity (Wildman–Crippen MR) is 121 cm³/mol. The predicted octanol–water partition coefficient (Wildman–Crippen LogP) is 5.90. The first-order valence-electron chi connectivity index (χ1n) is 10.5. The molecule has 0 spiro atoms. The van der Waals surface area contributed by atoms with E-state index in [1.165, 1.54) is 9.71 Å². The Hall–Kier alpha value is -2.92. The maximum absolute atomic E-state index is 12.7. The molecule has 1 saturated heterocycles. The minimum absolute atomic E-state index is 0.218. The van der Waals surface area contributed by atoms with Gasteiger partial charge in [0.1, 0.15) is 11.5 Å². The second kappa shape index (κ2) is 8.44. The summed E-state index contributed by atoms with van der Waals surface area (Å²) in [6, 6.07) is 22.3. The molecule has 0 radical (unpaired) electrons. The van der Waals surface area contributed by atoms with Crippen molar-refractivity contribution in [3.05, 3.63) is 77.5 Å². The van der Waals surface area contributed by atoms with Gasteiger partial charge in [-0.05, 0) is 37.1 Å². The summed E-state index contributed by atoms with van der Waals surface area (Å²) < 4.78 is 7.18. The summed E-state index contributed by atoms with van der Waals surface area (Å²) in [5.74, 6) is 2.40. The highest BCUT2D eigenvalue weighted by atomic mass is 32.1. The van der Waals surface area contributed by atoms with E-state index in [1.807, 2.05) is 53.4 Å². The van der Waals surface area contributed by atoms with Gasteiger partial charge in [-0.25, -0.2) is 4.98 Å². The topological polar surface area (TPSA) is 46.3 Å². The number of amides is 1. The second-order valence-electron chi connectivity index (χ2n) is 7.81. The van der Waals surface area contributed by atoms with E-state index in [4.69, 9.17) is 9.40 Å². The molecule has 3 heterocycles. The van der Waals surface area contributed by atoms with Gasteiger partial charge in [-0.15, -0.1) is 11.3 Å². The van der Waals surface area contributed by atoms with Gasteiger partial charge in [-0.1, -0.05) is 42.5 Å². The summed E-state index contributed by atoms with van der Waals surface area (Å²) in [7, 11) is 0. The number of rotatable bonds is 5. The number of hydrogen-bond acceptors (Lipinski definition) is 4. The van der Waals surface area contributed by atoms with E-state index >= 15 is 0 Å². The molecule has 4 aromatic rings. The molecule has 30 heavy (non-hydrogen) atoms. The van der Waals surface area contributed by atoms with Crippen LogP contribution in [0.25, 0.3) is 21.5 Å². The number of hydrogen-bond donors (Lipinski definition) is 0. The van der Waals surface area contributed by atoms with E-state index in [2.05, 4.69) is 18.2 Å². The number of carbonyl (C=O) groups excluding carboxylic acids is 1. The van der Waals surface area contributed by atoms with Crippen LogP contribution in [0, 0.1) is 0 Å². The van der Waals surface area contributed by atoms with Crippen molar-refractivity contribution in [3.8, 4) is 11.3 Å². The van der Waals surface area contributed by atoms with Crippen molar-refractivity contribution in [3.63, 3.8) is 0 Å². The first kappa shape index (κ1) is 19.1. The number of carbonyl (C=O) groups is 1. The van der Waals surface area contributed by atoms with Crippen LogP contribution in [-0.4, -0.2) is 28.9 Å². The Labute approximate surface area is 180 Å². The van der Waals surface area contributed by atoms with E-state index in [0.717, 1.165) is 48.5 Å². The zero-order valence-electron chi connectivity index (χ0n) is 16.8. The third-order valence-electron chi connectivity index (χ3n) is 5.81. The van der Waals surface area contributed by atoms with Gasteiger partial charge >= 0.3 is 0 Å². The molecular weight excluding hydrogens is 392 g/mol. The standard InChI is InChI=1S/C25H24N2O2S/c28-24(13-11-20-10-12-22(29-20)18-6-2-1-3-7-18)27-16-14-19(15-17-27)25-26-21-8-4-5-9-23(21)30-25/h1-10,12,19H,11,13-17H2. The monoisotopic (exact) mass is 416 g/mol. The molecule has 0 saturated carbocycles. The fourth-order valence-corrected chi connectivity index (χ4v) is 5.24.